The first-order chi connectivity index (χ1) is 12.1. The first kappa shape index (κ1) is 15.6. The topological polar surface area (TPSA) is 55.6 Å². The van der Waals surface area contributed by atoms with E-state index in [1.54, 1.807) is 6.20 Å². The van der Waals surface area contributed by atoms with Gasteiger partial charge in [0.25, 0.3) is 0 Å². The molecule has 0 spiro atoms. The molecule has 5 nitrogen and oxygen atoms in total. The van der Waals surface area contributed by atoms with Gasteiger partial charge < -0.3 is 5.32 Å². The molecule has 0 bridgehead atoms. The number of halogens is 1. The van der Waals surface area contributed by atoms with E-state index >= 15 is 0 Å². The Kier molecular flexibility index (Phi) is 3.86. The largest absolute Gasteiger partial charge is 0.339 e. The number of benzene rings is 2. The quantitative estimate of drug-likeness (QED) is 0.575. The van der Waals surface area contributed by atoms with Crippen molar-refractivity contribution >= 4 is 34.1 Å². The summed E-state index contributed by atoms with van der Waals surface area (Å²) in [5, 5.41) is 9.34. The van der Waals surface area contributed by atoms with E-state index in [1.807, 2.05) is 41.9 Å². The van der Waals surface area contributed by atoms with E-state index in [2.05, 4.69) is 39.4 Å². The van der Waals surface area contributed by atoms with Gasteiger partial charge >= 0.3 is 0 Å². The number of anilines is 2. The smallest absolute Gasteiger partial charge is 0.168 e. The van der Waals surface area contributed by atoms with Crippen molar-refractivity contribution in [1.82, 2.24) is 19.7 Å². The van der Waals surface area contributed by atoms with Crippen molar-refractivity contribution in [3.63, 3.8) is 0 Å². The summed E-state index contributed by atoms with van der Waals surface area (Å²) in [6.07, 6.45) is 3.31. The number of nitrogens with zero attached hydrogens (tertiary/aromatic N) is 4. The summed E-state index contributed by atoms with van der Waals surface area (Å²) in [6, 6.07) is 14.0. The van der Waals surface area contributed by atoms with E-state index in [1.165, 1.54) is 11.9 Å². The van der Waals surface area contributed by atoms with E-state index in [0.717, 1.165) is 28.0 Å². The number of aryl methyl sites for hydroxylation is 2. The van der Waals surface area contributed by atoms with Crippen molar-refractivity contribution in [2.75, 3.05) is 5.32 Å². The average Bonchev–Trinajstić information content (AvgIpc) is 3.04. The fourth-order valence-corrected chi connectivity index (χ4v) is 2.81. The van der Waals surface area contributed by atoms with Crippen LogP contribution in [0.3, 0.4) is 0 Å². The highest BCUT2D eigenvalue weighted by Gasteiger charge is 2.11. The maximum absolute atomic E-state index is 6.21. The van der Waals surface area contributed by atoms with E-state index < -0.39 is 0 Å². The fraction of sp³-hybridized carbons (Fsp3) is 0.105. The van der Waals surface area contributed by atoms with Gasteiger partial charge in [-0.2, -0.15) is 5.10 Å². The maximum Gasteiger partial charge on any atom is 0.168 e. The number of hydrogen-bond acceptors (Lipinski definition) is 4. The number of fused-ring (bicyclic) bond motifs is 1. The molecule has 2 aromatic heterocycles. The third-order valence-corrected chi connectivity index (χ3v) is 4.49. The van der Waals surface area contributed by atoms with E-state index in [4.69, 9.17) is 11.6 Å². The van der Waals surface area contributed by atoms with E-state index in [0.29, 0.717) is 10.8 Å². The Balaban J connectivity index is 1.76. The third kappa shape index (κ3) is 2.94. The molecule has 0 aliphatic heterocycles. The van der Waals surface area contributed by atoms with Crippen molar-refractivity contribution in [3.05, 3.63) is 71.1 Å². The van der Waals surface area contributed by atoms with Crippen LogP contribution in [0.2, 0.25) is 5.02 Å². The second kappa shape index (κ2) is 6.18. The van der Waals surface area contributed by atoms with Gasteiger partial charge in [0.1, 0.15) is 12.1 Å². The molecule has 0 aliphatic carbocycles. The first-order valence-corrected chi connectivity index (χ1v) is 8.28. The predicted molar refractivity (Wildman–Crippen MR) is 101 cm³/mol. The molecular weight excluding hydrogens is 334 g/mol. The predicted octanol–water partition coefficient (Wildman–Crippen LogP) is 4.83. The van der Waals surface area contributed by atoms with Crippen LogP contribution in [-0.4, -0.2) is 19.7 Å². The highest BCUT2D eigenvalue weighted by Crippen LogP contribution is 2.27. The molecule has 25 heavy (non-hydrogen) atoms. The van der Waals surface area contributed by atoms with Crippen molar-refractivity contribution in [2.45, 2.75) is 13.8 Å². The third-order valence-electron chi connectivity index (χ3n) is 4.08. The number of rotatable bonds is 3. The standard InChI is InChI=1S/C19H16ClN5/c1-12-3-7-15(8-4-12)25-19-16(10-23-25)18(21-11-22-19)24-14-6-5-13(2)17(20)9-14/h3-11H,1-2H3,(H,21,22,24). The second-order valence-corrected chi connectivity index (χ2v) is 6.35. The maximum atomic E-state index is 6.21. The molecule has 2 aromatic carbocycles. The van der Waals surface area contributed by atoms with Gasteiger partial charge in [0, 0.05) is 10.7 Å². The molecule has 0 saturated heterocycles. The zero-order chi connectivity index (χ0) is 17.4. The summed E-state index contributed by atoms with van der Waals surface area (Å²) >= 11 is 6.21. The van der Waals surface area contributed by atoms with Gasteiger partial charge in [0.15, 0.2) is 5.65 Å². The van der Waals surface area contributed by atoms with Gasteiger partial charge in [0.2, 0.25) is 0 Å². The van der Waals surface area contributed by atoms with Gasteiger partial charge in [-0.25, -0.2) is 14.6 Å². The van der Waals surface area contributed by atoms with Crippen molar-refractivity contribution in [1.29, 1.82) is 0 Å². The molecule has 2 heterocycles. The Morgan fingerprint density at radius 3 is 2.56 bits per heavy atom. The zero-order valence-electron chi connectivity index (χ0n) is 13.9. The minimum absolute atomic E-state index is 0.697. The Bertz CT molecular complexity index is 1050. The summed E-state index contributed by atoms with van der Waals surface area (Å²) in [5.41, 5.74) is 4.82. The Labute approximate surface area is 150 Å². The lowest BCUT2D eigenvalue weighted by Gasteiger charge is -2.08. The summed E-state index contributed by atoms with van der Waals surface area (Å²) in [6.45, 7) is 4.03. The minimum Gasteiger partial charge on any atom is -0.339 e. The van der Waals surface area contributed by atoms with Crippen LogP contribution in [0.1, 0.15) is 11.1 Å². The molecule has 6 heteroatoms. The van der Waals surface area contributed by atoms with Crippen LogP contribution in [0.25, 0.3) is 16.7 Å². The first-order valence-electron chi connectivity index (χ1n) is 7.91. The summed E-state index contributed by atoms with van der Waals surface area (Å²) in [7, 11) is 0. The van der Waals surface area contributed by atoms with Crippen LogP contribution in [-0.2, 0) is 0 Å². The second-order valence-electron chi connectivity index (χ2n) is 5.94. The Morgan fingerprint density at radius 2 is 1.80 bits per heavy atom. The fourth-order valence-electron chi connectivity index (χ4n) is 2.63. The Morgan fingerprint density at radius 1 is 1.00 bits per heavy atom. The van der Waals surface area contributed by atoms with Crippen molar-refractivity contribution in [3.8, 4) is 5.69 Å². The van der Waals surface area contributed by atoms with Crippen LogP contribution in [0.15, 0.2) is 55.0 Å². The normalized spacial score (nSPS) is 11.0. The summed E-state index contributed by atoms with van der Waals surface area (Å²) < 4.78 is 1.81. The molecule has 4 aromatic rings. The van der Waals surface area contributed by atoms with Crippen LogP contribution in [0.4, 0.5) is 11.5 Å². The highest BCUT2D eigenvalue weighted by molar-refractivity contribution is 6.31. The van der Waals surface area contributed by atoms with Crippen LogP contribution in [0.5, 0.6) is 0 Å². The summed E-state index contributed by atoms with van der Waals surface area (Å²) in [5.74, 6) is 0.697. The lowest BCUT2D eigenvalue weighted by molar-refractivity contribution is 0.894. The molecule has 0 saturated carbocycles. The van der Waals surface area contributed by atoms with Gasteiger partial charge in [0.05, 0.1) is 17.3 Å². The molecule has 0 atom stereocenters. The molecule has 0 aliphatic rings. The van der Waals surface area contributed by atoms with Crippen LogP contribution >= 0.6 is 11.6 Å². The lowest BCUT2D eigenvalue weighted by atomic mass is 10.2. The SMILES string of the molecule is Cc1ccc(-n2ncc3c(Nc4ccc(C)c(Cl)c4)ncnc32)cc1. The molecular formula is C19H16ClN5. The highest BCUT2D eigenvalue weighted by atomic mass is 35.5. The number of aromatic nitrogens is 4. The number of hydrogen-bond donors (Lipinski definition) is 1. The molecule has 0 amide bonds. The summed E-state index contributed by atoms with van der Waals surface area (Å²) in [4.78, 5) is 8.75. The van der Waals surface area contributed by atoms with Gasteiger partial charge in [-0.05, 0) is 43.7 Å². The zero-order valence-corrected chi connectivity index (χ0v) is 14.6. The molecule has 0 unspecified atom stereocenters. The molecule has 0 radical (unpaired) electrons. The van der Waals surface area contributed by atoms with Crippen molar-refractivity contribution in [2.24, 2.45) is 0 Å². The van der Waals surface area contributed by atoms with Crippen LogP contribution < -0.4 is 5.32 Å². The Hall–Kier alpha value is -2.92. The molecule has 124 valence electrons. The van der Waals surface area contributed by atoms with Gasteiger partial charge in [-0.3, -0.25) is 0 Å². The molecule has 0 fully saturated rings. The minimum atomic E-state index is 0.697. The van der Waals surface area contributed by atoms with Crippen molar-refractivity contribution < 1.29 is 0 Å². The molecule has 4 rings (SSSR count). The monoisotopic (exact) mass is 349 g/mol. The van der Waals surface area contributed by atoms with Crippen LogP contribution in [0, 0.1) is 13.8 Å². The average molecular weight is 350 g/mol. The van der Waals surface area contributed by atoms with Gasteiger partial charge in [-0.15, -0.1) is 0 Å². The molecule has 1 N–H and O–H groups in total. The van der Waals surface area contributed by atoms with E-state index in [-0.39, 0.29) is 0 Å². The van der Waals surface area contributed by atoms with Gasteiger partial charge in [-0.1, -0.05) is 35.4 Å². The lowest BCUT2D eigenvalue weighted by Crippen LogP contribution is -1.99. The number of nitrogens with one attached hydrogen (secondary N) is 1. The van der Waals surface area contributed by atoms with E-state index in [9.17, 15) is 0 Å².